The molecule has 0 bridgehead atoms. The number of hydrogen-bond donors (Lipinski definition) is 2. The highest BCUT2D eigenvalue weighted by Gasteiger charge is 2.39. The van der Waals surface area contributed by atoms with Crippen molar-refractivity contribution in [1.82, 2.24) is 4.72 Å². The van der Waals surface area contributed by atoms with Crippen LogP contribution in [0.3, 0.4) is 0 Å². The van der Waals surface area contributed by atoms with Gasteiger partial charge in [-0.3, -0.25) is 0 Å². The van der Waals surface area contributed by atoms with E-state index in [1.165, 1.54) is 6.07 Å². The van der Waals surface area contributed by atoms with Crippen LogP contribution < -0.4 is 14.2 Å². The summed E-state index contributed by atoms with van der Waals surface area (Å²) >= 11 is 0. The average molecular weight is 315 g/mol. The quantitative estimate of drug-likeness (QED) is 0.778. The van der Waals surface area contributed by atoms with Gasteiger partial charge in [-0.15, -0.1) is 0 Å². The first-order chi connectivity index (χ1) is 10.1. The maximum absolute atomic E-state index is 12.4. The summed E-state index contributed by atoms with van der Waals surface area (Å²) < 4.78 is 43.2. The molecule has 1 saturated heterocycles. The lowest BCUT2D eigenvalue weighted by atomic mass is 9.87. The van der Waals surface area contributed by atoms with Gasteiger partial charge >= 0.3 is 0 Å². The SMILES string of the molecule is O=S(=O)(NCC1(CO)COC1)c1cccc2c1OCCO2. The van der Waals surface area contributed by atoms with Crippen LogP contribution in [0.5, 0.6) is 11.5 Å². The van der Waals surface area contributed by atoms with E-state index < -0.39 is 15.4 Å². The Labute approximate surface area is 122 Å². The lowest BCUT2D eigenvalue weighted by Gasteiger charge is -2.39. The number of sulfonamides is 1. The Hall–Kier alpha value is -1.35. The summed E-state index contributed by atoms with van der Waals surface area (Å²) in [6.07, 6.45) is 0. The summed E-state index contributed by atoms with van der Waals surface area (Å²) in [5.41, 5.74) is -0.529. The third kappa shape index (κ3) is 2.71. The first-order valence-corrected chi connectivity index (χ1v) is 8.12. The molecule has 1 aromatic rings. The zero-order valence-electron chi connectivity index (χ0n) is 11.4. The molecular weight excluding hydrogens is 298 g/mol. The van der Waals surface area contributed by atoms with E-state index in [-0.39, 0.29) is 23.8 Å². The fourth-order valence-corrected chi connectivity index (χ4v) is 3.54. The van der Waals surface area contributed by atoms with Crippen molar-refractivity contribution in [3.8, 4) is 11.5 Å². The van der Waals surface area contributed by atoms with E-state index in [2.05, 4.69) is 4.72 Å². The van der Waals surface area contributed by atoms with Crippen molar-refractivity contribution < 1.29 is 27.7 Å². The fraction of sp³-hybridized carbons (Fsp3) is 0.538. The number of rotatable bonds is 5. The van der Waals surface area contributed by atoms with E-state index in [1.54, 1.807) is 12.1 Å². The van der Waals surface area contributed by atoms with E-state index in [0.717, 1.165) is 0 Å². The summed E-state index contributed by atoms with van der Waals surface area (Å²) in [6.45, 7) is 1.40. The van der Waals surface area contributed by atoms with Crippen molar-refractivity contribution in [2.75, 3.05) is 39.6 Å². The second-order valence-corrected chi connectivity index (χ2v) is 6.99. The molecule has 0 spiro atoms. The molecule has 21 heavy (non-hydrogen) atoms. The van der Waals surface area contributed by atoms with Gasteiger partial charge in [0, 0.05) is 6.54 Å². The molecule has 1 fully saturated rings. The molecule has 2 heterocycles. The van der Waals surface area contributed by atoms with Crippen molar-refractivity contribution in [3.05, 3.63) is 18.2 Å². The summed E-state index contributed by atoms with van der Waals surface area (Å²) in [7, 11) is -3.74. The molecule has 0 aromatic heterocycles. The summed E-state index contributed by atoms with van der Waals surface area (Å²) in [4.78, 5) is 0.0491. The van der Waals surface area contributed by atoms with E-state index in [0.29, 0.717) is 32.2 Å². The standard InChI is InChI=1S/C13H17NO6S/c15-7-13(8-18-9-13)6-14-21(16,17)11-3-1-2-10-12(11)20-5-4-19-10/h1-3,14-15H,4-9H2. The van der Waals surface area contributed by atoms with Gasteiger partial charge in [-0.2, -0.15) is 0 Å². The van der Waals surface area contributed by atoms with Gasteiger partial charge in [0.15, 0.2) is 11.5 Å². The van der Waals surface area contributed by atoms with E-state index in [1.807, 2.05) is 0 Å². The third-order valence-electron chi connectivity index (χ3n) is 3.61. The second kappa shape index (κ2) is 5.45. The number of aliphatic hydroxyl groups is 1. The van der Waals surface area contributed by atoms with Gasteiger partial charge in [0.2, 0.25) is 10.0 Å². The molecule has 116 valence electrons. The molecule has 0 aliphatic carbocycles. The van der Waals surface area contributed by atoms with Gasteiger partial charge in [-0.25, -0.2) is 13.1 Å². The Morgan fingerprint density at radius 1 is 1.24 bits per heavy atom. The van der Waals surface area contributed by atoms with Gasteiger partial charge in [0.05, 0.1) is 25.2 Å². The summed E-state index contributed by atoms with van der Waals surface area (Å²) in [6, 6.07) is 4.75. The van der Waals surface area contributed by atoms with Crippen LogP contribution >= 0.6 is 0 Å². The zero-order chi connectivity index (χ0) is 14.9. The topological polar surface area (TPSA) is 94.1 Å². The van der Waals surface area contributed by atoms with Gasteiger partial charge in [-0.1, -0.05) is 6.07 Å². The zero-order valence-corrected chi connectivity index (χ0v) is 12.2. The summed E-state index contributed by atoms with van der Waals surface area (Å²) in [5.74, 6) is 0.659. The molecule has 0 atom stereocenters. The largest absolute Gasteiger partial charge is 0.486 e. The molecule has 2 aliphatic heterocycles. The van der Waals surface area contributed by atoms with Crippen LogP contribution in [0.25, 0.3) is 0 Å². The number of benzene rings is 1. The highest BCUT2D eigenvalue weighted by atomic mass is 32.2. The van der Waals surface area contributed by atoms with Gasteiger partial charge in [0.1, 0.15) is 18.1 Å². The van der Waals surface area contributed by atoms with E-state index in [4.69, 9.17) is 14.2 Å². The Morgan fingerprint density at radius 2 is 2.00 bits per heavy atom. The third-order valence-corrected chi connectivity index (χ3v) is 5.03. The number of aliphatic hydroxyl groups excluding tert-OH is 1. The maximum atomic E-state index is 12.4. The predicted octanol–water partition coefficient (Wildman–Crippen LogP) is -0.255. The first kappa shape index (κ1) is 14.6. The van der Waals surface area contributed by atoms with E-state index >= 15 is 0 Å². The minimum atomic E-state index is -3.74. The normalized spacial score (nSPS) is 19.9. The van der Waals surface area contributed by atoms with Gasteiger partial charge in [0.25, 0.3) is 0 Å². The molecule has 0 amide bonds. The van der Waals surface area contributed by atoms with Crippen molar-refractivity contribution in [1.29, 1.82) is 0 Å². The van der Waals surface area contributed by atoms with Crippen molar-refractivity contribution in [2.45, 2.75) is 4.90 Å². The van der Waals surface area contributed by atoms with Crippen LogP contribution in [-0.2, 0) is 14.8 Å². The van der Waals surface area contributed by atoms with Gasteiger partial charge < -0.3 is 19.3 Å². The Morgan fingerprint density at radius 3 is 2.67 bits per heavy atom. The number of hydrogen-bond acceptors (Lipinski definition) is 6. The monoisotopic (exact) mass is 315 g/mol. The molecule has 0 saturated carbocycles. The van der Waals surface area contributed by atoms with Crippen LogP contribution in [0, 0.1) is 5.41 Å². The number of fused-ring (bicyclic) bond motifs is 1. The average Bonchev–Trinajstić information content (AvgIpc) is 2.46. The molecule has 2 N–H and O–H groups in total. The summed E-state index contributed by atoms with van der Waals surface area (Å²) in [5, 5.41) is 9.34. The fourth-order valence-electron chi connectivity index (χ4n) is 2.22. The number of para-hydroxylation sites is 1. The van der Waals surface area contributed by atoms with E-state index in [9.17, 15) is 13.5 Å². The number of ether oxygens (including phenoxy) is 3. The van der Waals surface area contributed by atoms with Crippen LogP contribution in [0.1, 0.15) is 0 Å². The van der Waals surface area contributed by atoms with Crippen molar-refractivity contribution in [2.24, 2.45) is 5.41 Å². The number of nitrogens with one attached hydrogen (secondary N) is 1. The highest BCUT2D eigenvalue weighted by Crippen LogP contribution is 2.36. The lowest BCUT2D eigenvalue weighted by molar-refractivity contribution is -0.132. The van der Waals surface area contributed by atoms with Gasteiger partial charge in [-0.05, 0) is 12.1 Å². The molecule has 2 aliphatic rings. The smallest absolute Gasteiger partial charge is 0.244 e. The minimum Gasteiger partial charge on any atom is -0.486 e. The predicted molar refractivity (Wildman–Crippen MR) is 73.0 cm³/mol. The molecule has 0 unspecified atom stereocenters. The molecule has 7 nitrogen and oxygen atoms in total. The Bertz CT molecular complexity index is 620. The Balaban J connectivity index is 1.82. The molecular formula is C13H17NO6S. The van der Waals surface area contributed by atoms with Crippen LogP contribution in [0.4, 0.5) is 0 Å². The molecule has 8 heteroatoms. The molecule has 0 radical (unpaired) electrons. The minimum absolute atomic E-state index is 0.0491. The van der Waals surface area contributed by atoms with Crippen molar-refractivity contribution >= 4 is 10.0 Å². The lowest BCUT2D eigenvalue weighted by Crippen LogP contribution is -2.53. The van der Waals surface area contributed by atoms with Crippen LogP contribution in [0.2, 0.25) is 0 Å². The first-order valence-electron chi connectivity index (χ1n) is 6.63. The Kier molecular flexibility index (Phi) is 3.78. The van der Waals surface area contributed by atoms with Crippen LogP contribution in [0.15, 0.2) is 23.1 Å². The maximum Gasteiger partial charge on any atom is 0.244 e. The molecule has 3 rings (SSSR count). The highest BCUT2D eigenvalue weighted by molar-refractivity contribution is 7.89. The molecule has 1 aromatic carbocycles. The van der Waals surface area contributed by atoms with Crippen molar-refractivity contribution in [3.63, 3.8) is 0 Å². The second-order valence-electron chi connectivity index (χ2n) is 5.26. The van der Waals surface area contributed by atoms with Crippen LogP contribution in [-0.4, -0.2) is 53.1 Å².